The zero-order valence-electron chi connectivity index (χ0n) is 10.7. The van der Waals surface area contributed by atoms with E-state index in [1.54, 1.807) is 25.1 Å². The summed E-state index contributed by atoms with van der Waals surface area (Å²) in [5.41, 5.74) is 0.808. The van der Waals surface area contributed by atoms with Gasteiger partial charge in [0.1, 0.15) is 0 Å². The van der Waals surface area contributed by atoms with Gasteiger partial charge < -0.3 is 4.90 Å². The Hall–Kier alpha value is -1.75. The van der Waals surface area contributed by atoms with Crippen molar-refractivity contribution >= 4 is 27.5 Å². The lowest BCUT2D eigenvalue weighted by atomic mass is 10.2. The van der Waals surface area contributed by atoms with Crippen LogP contribution in [-0.4, -0.2) is 12.5 Å². The number of benzene rings is 2. The summed E-state index contributed by atoms with van der Waals surface area (Å²) < 4.78 is 27.0. The molecular weight excluding hydrogens is 328 g/mol. The van der Waals surface area contributed by atoms with Gasteiger partial charge in [-0.2, -0.15) is 0 Å². The van der Waals surface area contributed by atoms with Crippen molar-refractivity contribution in [3.63, 3.8) is 0 Å². The van der Waals surface area contributed by atoms with Crippen LogP contribution in [-0.2, 0) is 0 Å². The second-order valence-corrected chi connectivity index (χ2v) is 5.07. The van der Waals surface area contributed by atoms with Gasteiger partial charge in [0, 0.05) is 28.3 Å². The molecule has 0 N–H and O–H groups in total. The molecule has 0 unspecified atom stereocenters. The van der Waals surface area contributed by atoms with Crippen molar-refractivity contribution in [3.05, 3.63) is 64.1 Å². The van der Waals surface area contributed by atoms with Crippen molar-refractivity contribution in [2.75, 3.05) is 11.4 Å². The van der Waals surface area contributed by atoms with Crippen molar-refractivity contribution < 1.29 is 13.6 Å². The van der Waals surface area contributed by atoms with Crippen LogP contribution in [0.3, 0.4) is 0 Å². The van der Waals surface area contributed by atoms with E-state index in [0.717, 1.165) is 16.6 Å². The topological polar surface area (TPSA) is 20.3 Å². The molecule has 0 aromatic heterocycles. The van der Waals surface area contributed by atoms with E-state index in [4.69, 9.17) is 0 Å². The van der Waals surface area contributed by atoms with Gasteiger partial charge in [-0.05, 0) is 37.3 Å². The van der Waals surface area contributed by atoms with E-state index < -0.39 is 11.6 Å². The van der Waals surface area contributed by atoms with Crippen LogP contribution in [0.15, 0.2) is 46.9 Å². The molecule has 2 nitrogen and oxygen atoms in total. The lowest BCUT2D eigenvalue weighted by molar-refractivity contribution is 0.0988. The van der Waals surface area contributed by atoms with E-state index in [9.17, 15) is 13.6 Å². The summed E-state index contributed by atoms with van der Waals surface area (Å²) in [6.45, 7) is 2.13. The molecule has 1 amide bonds. The average Bonchev–Trinajstić information content (AvgIpc) is 2.43. The summed E-state index contributed by atoms with van der Waals surface area (Å²) in [7, 11) is 0. The molecule has 2 aromatic rings. The Morgan fingerprint density at radius 3 is 2.50 bits per heavy atom. The first-order valence-electron chi connectivity index (χ1n) is 6.05. The van der Waals surface area contributed by atoms with E-state index in [1.807, 2.05) is 6.07 Å². The highest BCUT2D eigenvalue weighted by Crippen LogP contribution is 2.21. The molecule has 0 saturated heterocycles. The van der Waals surface area contributed by atoms with E-state index in [0.29, 0.717) is 17.8 Å². The van der Waals surface area contributed by atoms with Crippen molar-refractivity contribution in [2.45, 2.75) is 6.92 Å². The second kappa shape index (κ2) is 6.13. The molecule has 0 bridgehead atoms. The normalized spacial score (nSPS) is 10.4. The summed E-state index contributed by atoms with van der Waals surface area (Å²) in [5.74, 6) is -2.16. The van der Waals surface area contributed by atoms with Gasteiger partial charge in [-0.3, -0.25) is 4.79 Å². The Balaban J connectivity index is 2.36. The number of hydrogen-bond donors (Lipinski definition) is 0. The first kappa shape index (κ1) is 14.7. The van der Waals surface area contributed by atoms with Crippen LogP contribution in [0, 0.1) is 11.6 Å². The first-order chi connectivity index (χ1) is 9.52. The third kappa shape index (κ3) is 3.04. The van der Waals surface area contributed by atoms with Crippen LogP contribution >= 0.6 is 15.9 Å². The molecule has 2 aromatic carbocycles. The largest absolute Gasteiger partial charge is 0.309 e. The minimum Gasteiger partial charge on any atom is -0.309 e. The molecule has 0 aliphatic heterocycles. The van der Waals surface area contributed by atoms with E-state index >= 15 is 0 Å². The van der Waals surface area contributed by atoms with Gasteiger partial charge in [0.25, 0.3) is 5.91 Å². The predicted octanol–water partition coefficient (Wildman–Crippen LogP) is 4.39. The van der Waals surface area contributed by atoms with E-state index in [2.05, 4.69) is 15.9 Å². The number of amides is 1. The molecule has 0 saturated carbocycles. The number of hydrogen-bond acceptors (Lipinski definition) is 1. The SMILES string of the molecule is CCN(C(=O)c1cccc(Br)c1)c1ccc(F)c(F)c1. The van der Waals surface area contributed by atoms with E-state index in [1.165, 1.54) is 11.0 Å². The summed E-state index contributed by atoms with van der Waals surface area (Å²) >= 11 is 3.30. The van der Waals surface area contributed by atoms with E-state index in [-0.39, 0.29) is 5.91 Å². The predicted molar refractivity (Wildman–Crippen MR) is 77.9 cm³/mol. The maximum atomic E-state index is 13.3. The van der Waals surface area contributed by atoms with Gasteiger partial charge in [-0.15, -0.1) is 0 Å². The standard InChI is InChI=1S/C15H12BrF2NO/c1-2-19(12-6-7-13(17)14(18)9-12)15(20)10-4-3-5-11(16)8-10/h3-9H,2H2,1H3. The average molecular weight is 340 g/mol. The molecule has 0 aliphatic carbocycles. The lowest BCUT2D eigenvalue weighted by Crippen LogP contribution is -2.30. The van der Waals surface area contributed by atoms with Crippen molar-refractivity contribution in [1.82, 2.24) is 0 Å². The maximum absolute atomic E-state index is 13.3. The minimum atomic E-state index is -0.969. The Morgan fingerprint density at radius 2 is 1.90 bits per heavy atom. The van der Waals surface area contributed by atoms with Gasteiger partial charge in [-0.25, -0.2) is 8.78 Å². The Kier molecular flexibility index (Phi) is 4.49. The van der Waals surface area contributed by atoms with Crippen LogP contribution < -0.4 is 4.90 Å². The van der Waals surface area contributed by atoms with Crippen molar-refractivity contribution in [1.29, 1.82) is 0 Å². The number of halogens is 3. The van der Waals surface area contributed by atoms with Crippen LogP contribution in [0.4, 0.5) is 14.5 Å². The first-order valence-corrected chi connectivity index (χ1v) is 6.84. The zero-order valence-corrected chi connectivity index (χ0v) is 12.3. The highest BCUT2D eigenvalue weighted by Gasteiger charge is 2.17. The quantitative estimate of drug-likeness (QED) is 0.811. The number of anilines is 1. The molecule has 0 atom stereocenters. The summed E-state index contributed by atoms with van der Waals surface area (Å²) in [6.07, 6.45) is 0. The maximum Gasteiger partial charge on any atom is 0.258 e. The highest BCUT2D eigenvalue weighted by atomic mass is 79.9. The van der Waals surface area contributed by atoms with Gasteiger partial charge in [0.2, 0.25) is 0 Å². The Bertz CT molecular complexity index is 646. The molecule has 0 heterocycles. The van der Waals surface area contributed by atoms with Crippen LogP contribution in [0.1, 0.15) is 17.3 Å². The number of carbonyl (C=O) groups is 1. The fourth-order valence-electron chi connectivity index (χ4n) is 1.87. The lowest BCUT2D eigenvalue weighted by Gasteiger charge is -2.21. The van der Waals surface area contributed by atoms with Crippen LogP contribution in [0.2, 0.25) is 0 Å². The Labute approximate surface area is 124 Å². The number of carbonyl (C=O) groups excluding carboxylic acids is 1. The van der Waals surface area contributed by atoms with Gasteiger partial charge in [0.05, 0.1) is 0 Å². The molecule has 20 heavy (non-hydrogen) atoms. The summed E-state index contributed by atoms with van der Waals surface area (Å²) in [5, 5.41) is 0. The second-order valence-electron chi connectivity index (χ2n) is 4.16. The van der Waals surface area contributed by atoms with Crippen LogP contribution in [0.25, 0.3) is 0 Å². The molecule has 104 valence electrons. The summed E-state index contributed by atoms with van der Waals surface area (Å²) in [6, 6.07) is 10.3. The smallest absolute Gasteiger partial charge is 0.258 e. The van der Waals surface area contributed by atoms with Gasteiger partial charge in [0.15, 0.2) is 11.6 Å². The van der Waals surface area contributed by atoms with Gasteiger partial charge >= 0.3 is 0 Å². The molecule has 0 fully saturated rings. The van der Waals surface area contributed by atoms with Gasteiger partial charge in [-0.1, -0.05) is 22.0 Å². The fraction of sp³-hybridized carbons (Fsp3) is 0.133. The number of rotatable bonds is 3. The minimum absolute atomic E-state index is 0.264. The molecule has 5 heteroatoms. The fourth-order valence-corrected chi connectivity index (χ4v) is 2.27. The highest BCUT2D eigenvalue weighted by molar-refractivity contribution is 9.10. The van der Waals surface area contributed by atoms with Crippen molar-refractivity contribution in [3.8, 4) is 0 Å². The molecule has 0 aliphatic rings. The monoisotopic (exact) mass is 339 g/mol. The molecular formula is C15H12BrF2NO. The zero-order chi connectivity index (χ0) is 14.7. The Morgan fingerprint density at radius 1 is 1.15 bits per heavy atom. The number of nitrogens with zero attached hydrogens (tertiary/aromatic N) is 1. The third-order valence-corrected chi connectivity index (χ3v) is 3.34. The molecule has 2 rings (SSSR count). The molecule has 0 radical (unpaired) electrons. The third-order valence-electron chi connectivity index (χ3n) is 2.85. The van der Waals surface area contributed by atoms with Crippen molar-refractivity contribution in [2.24, 2.45) is 0 Å². The summed E-state index contributed by atoms with van der Waals surface area (Å²) in [4.78, 5) is 13.8. The van der Waals surface area contributed by atoms with Crippen LogP contribution in [0.5, 0.6) is 0 Å². The molecule has 0 spiro atoms.